The van der Waals surface area contributed by atoms with Crippen LogP contribution in [0.15, 0.2) is 0 Å². The van der Waals surface area contributed by atoms with Crippen LogP contribution in [0.1, 0.15) is 33.1 Å². The maximum Gasteiger partial charge on any atom is 0.0635 e. The van der Waals surface area contributed by atoms with Gasteiger partial charge in [0.05, 0.1) is 6.07 Å². The van der Waals surface area contributed by atoms with Crippen LogP contribution >= 0.6 is 0 Å². The molecule has 2 heteroatoms. The van der Waals surface area contributed by atoms with E-state index in [2.05, 4.69) is 25.2 Å². The summed E-state index contributed by atoms with van der Waals surface area (Å²) in [5.41, 5.74) is 0.537. The second-order valence-electron chi connectivity index (χ2n) is 3.74. The second-order valence-corrected chi connectivity index (χ2v) is 3.74. The average Bonchev–Trinajstić information content (AvgIpc) is 2.70. The highest BCUT2D eigenvalue weighted by Crippen LogP contribution is 2.47. The summed E-state index contributed by atoms with van der Waals surface area (Å²) in [6.45, 7) is 5.36. The number of nitrogens with zero attached hydrogens (tertiary/aromatic N) is 1. The molecule has 0 aromatic carbocycles. The van der Waals surface area contributed by atoms with E-state index in [1.807, 2.05) is 0 Å². The lowest BCUT2D eigenvalue weighted by molar-refractivity contribution is 0.385. The van der Waals surface area contributed by atoms with Gasteiger partial charge < -0.3 is 5.32 Å². The molecule has 1 saturated carbocycles. The number of hydrogen-bond acceptors (Lipinski definition) is 2. The molecule has 1 atom stereocenters. The van der Waals surface area contributed by atoms with Crippen molar-refractivity contribution >= 4 is 0 Å². The van der Waals surface area contributed by atoms with Gasteiger partial charge >= 0.3 is 0 Å². The Kier molecular flexibility index (Phi) is 2.51. The molecule has 62 valence electrons. The molecule has 0 spiro atoms. The van der Waals surface area contributed by atoms with Crippen molar-refractivity contribution in [2.45, 2.75) is 39.2 Å². The van der Waals surface area contributed by atoms with Crippen LogP contribution in [0, 0.1) is 16.7 Å². The van der Waals surface area contributed by atoms with E-state index in [0.29, 0.717) is 17.9 Å². The van der Waals surface area contributed by atoms with Gasteiger partial charge in [0, 0.05) is 19.0 Å². The van der Waals surface area contributed by atoms with Crippen LogP contribution in [-0.2, 0) is 0 Å². The molecule has 0 aliphatic heterocycles. The van der Waals surface area contributed by atoms with E-state index in [1.165, 1.54) is 12.8 Å². The first-order valence-corrected chi connectivity index (χ1v) is 4.29. The fourth-order valence-electron chi connectivity index (χ4n) is 1.22. The lowest BCUT2D eigenvalue weighted by Gasteiger charge is -2.19. The zero-order chi connectivity index (χ0) is 8.32. The standard InChI is InChI=1S/C9H16N2/c1-8(9(2)4-5-9)11-7-3-6-10/h8,11H,3-5,7H2,1-2H3. The number of nitriles is 1. The summed E-state index contributed by atoms with van der Waals surface area (Å²) in [6, 6.07) is 2.71. The molecule has 1 aliphatic carbocycles. The Bertz CT molecular complexity index is 165. The lowest BCUT2D eigenvalue weighted by atomic mass is 10.0. The summed E-state index contributed by atoms with van der Waals surface area (Å²) in [5.74, 6) is 0. The highest BCUT2D eigenvalue weighted by Gasteiger charge is 2.41. The quantitative estimate of drug-likeness (QED) is 0.622. The first-order chi connectivity index (χ1) is 5.19. The highest BCUT2D eigenvalue weighted by atomic mass is 14.9. The fourth-order valence-corrected chi connectivity index (χ4v) is 1.22. The Morgan fingerprint density at radius 2 is 2.27 bits per heavy atom. The number of hydrogen-bond donors (Lipinski definition) is 1. The molecule has 0 heterocycles. The SMILES string of the molecule is CC(NCCC#N)C1(C)CC1. The van der Waals surface area contributed by atoms with Crippen molar-refractivity contribution in [2.75, 3.05) is 6.54 Å². The van der Waals surface area contributed by atoms with E-state index in [-0.39, 0.29) is 0 Å². The molecule has 1 N–H and O–H groups in total. The molecule has 0 bridgehead atoms. The topological polar surface area (TPSA) is 35.8 Å². The van der Waals surface area contributed by atoms with Gasteiger partial charge in [-0.25, -0.2) is 0 Å². The minimum absolute atomic E-state index is 0.537. The second kappa shape index (κ2) is 3.23. The summed E-state index contributed by atoms with van der Waals surface area (Å²) in [4.78, 5) is 0. The monoisotopic (exact) mass is 152 g/mol. The van der Waals surface area contributed by atoms with Crippen molar-refractivity contribution in [3.8, 4) is 6.07 Å². The van der Waals surface area contributed by atoms with Crippen LogP contribution < -0.4 is 5.32 Å². The zero-order valence-corrected chi connectivity index (χ0v) is 7.35. The Balaban J connectivity index is 2.12. The van der Waals surface area contributed by atoms with Crippen molar-refractivity contribution < 1.29 is 0 Å². The third-order valence-corrected chi connectivity index (χ3v) is 2.77. The molecule has 2 nitrogen and oxygen atoms in total. The van der Waals surface area contributed by atoms with E-state index < -0.39 is 0 Å². The Labute approximate surface area is 68.6 Å². The lowest BCUT2D eigenvalue weighted by Crippen LogP contribution is -2.33. The minimum atomic E-state index is 0.537. The summed E-state index contributed by atoms with van der Waals surface area (Å²) < 4.78 is 0. The molecule has 1 unspecified atom stereocenters. The van der Waals surface area contributed by atoms with Crippen LogP contribution in [0.4, 0.5) is 0 Å². The first-order valence-electron chi connectivity index (χ1n) is 4.29. The van der Waals surface area contributed by atoms with Crippen molar-refractivity contribution in [1.82, 2.24) is 5.32 Å². The predicted molar refractivity (Wildman–Crippen MR) is 45.0 cm³/mol. The molecule has 0 radical (unpaired) electrons. The van der Waals surface area contributed by atoms with Crippen LogP contribution in [-0.4, -0.2) is 12.6 Å². The minimum Gasteiger partial charge on any atom is -0.313 e. The predicted octanol–water partition coefficient (Wildman–Crippen LogP) is 1.68. The van der Waals surface area contributed by atoms with E-state index >= 15 is 0 Å². The van der Waals surface area contributed by atoms with Crippen LogP contribution in [0.2, 0.25) is 0 Å². The first kappa shape index (κ1) is 8.55. The van der Waals surface area contributed by atoms with E-state index in [4.69, 9.17) is 5.26 Å². The number of rotatable bonds is 4. The van der Waals surface area contributed by atoms with E-state index in [1.54, 1.807) is 0 Å². The molecule has 0 aromatic rings. The van der Waals surface area contributed by atoms with Crippen molar-refractivity contribution in [2.24, 2.45) is 5.41 Å². The Morgan fingerprint density at radius 3 is 2.73 bits per heavy atom. The molecule has 0 aromatic heterocycles. The maximum absolute atomic E-state index is 8.31. The summed E-state index contributed by atoms with van der Waals surface area (Å²) >= 11 is 0. The highest BCUT2D eigenvalue weighted by molar-refractivity contribution is 4.96. The Hall–Kier alpha value is -0.550. The van der Waals surface area contributed by atoms with Gasteiger partial charge in [-0.15, -0.1) is 0 Å². The molecule has 11 heavy (non-hydrogen) atoms. The van der Waals surface area contributed by atoms with Gasteiger partial charge in [-0.1, -0.05) is 6.92 Å². The molecular weight excluding hydrogens is 136 g/mol. The van der Waals surface area contributed by atoms with Gasteiger partial charge in [-0.3, -0.25) is 0 Å². The Morgan fingerprint density at radius 1 is 1.64 bits per heavy atom. The molecule has 1 aliphatic rings. The summed E-state index contributed by atoms with van der Waals surface area (Å²) in [5, 5.41) is 11.7. The van der Waals surface area contributed by atoms with Crippen LogP contribution in [0.3, 0.4) is 0 Å². The maximum atomic E-state index is 8.31. The van der Waals surface area contributed by atoms with Crippen molar-refractivity contribution in [1.29, 1.82) is 5.26 Å². The van der Waals surface area contributed by atoms with Gasteiger partial charge in [-0.05, 0) is 25.2 Å². The van der Waals surface area contributed by atoms with Gasteiger partial charge in [0.1, 0.15) is 0 Å². The zero-order valence-electron chi connectivity index (χ0n) is 7.35. The fraction of sp³-hybridized carbons (Fsp3) is 0.889. The van der Waals surface area contributed by atoms with Gasteiger partial charge in [0.15, 0.2) is 0 Å². The van der Waals surface area contributed by atoms with Crippen molar-refractivity contribution in [3.05, 3.63) is 0 Å². The van der Waals surface area contributed by atoms with Crippen LogP contribution in [0.25, 0.3) is 0 Å². The third kappa shape index (κ3) is 2.20. The summed E-state index contributed by atoms with van der Waals surface area (Å²) in [7, 11) is 0. The number of nitrogens with one attached hydrogen (secondary N) is 1. The van der Waals surface area contributed by atoms with Gasteiger partial charge in [0.25, 0.3) is 0 Å². The molecule has 1 rings (SSSR count). The van der Waals surface area contributed by atoms with E-state index in [9.17, 15) is 0 Å². The van der Waals surface area contributed by atoms with E-state index in [0.717, 1.165) is 6.54 Å². The molecule has 0 saturated heterocycles. The third-order valence-electron chi connectivity index (χ3n) is 2.77. The van der Waals surface area contributed by atoms with Crippen molar-refractivity contribution in [3.63, 3.8) is 0 Å². The average molecular weight is 152 g/mol. The van der Waals surface area contributed by atoms with Crippen LogP contribution in [0.5, 0.6) is 0 Å². The molecule has 0 amide bonds. The smallest absolute Gasteiger partial charge is 0.0635 e. The summed E-state index contributed by atoms with van der Waals surface area (Å²) in [6.07, 6.45) is 3.31. The van der Waals surface area contributed by atoms with Gasteiger partial charge in [0.2, 0.25) is 0 Å². The largest absolute Gasteiger partial charge is 0.313 e. The molecule has 1 fully saturated rings. The normalized spacial score (nSPS) is 22.3. The van der Waals surface area contributed by atoms with Gasteiger partial charge in [-0.2, -0.15) is 5.26 Å². The molecular formula is C9H16N2.